The predicted octanol–water partition coefficient (Wildman–Crippen LogP) is 2.99. The zero-order valence-corrected chi connectivity index (χ0v) is 12.2. The molecule has 1 aliphatic heterocycles. The molecule has 0 aliphatic carbocycles. The molecule has 19 heavy (non-hydrogen) atoms. The van der Waals surface area contributed by atoms with Crippen molar-refractivity contribution in [3.63, 3.8) is 0 Å². The van der Waals surface area contributed by atoms with E-state index in [1.54, 1.807) is 13.8 Å². The predicted molar refractivity (Wildman–Crippen MR) is 72.1 cm³/mol. The van der Waals surface area contributed by atoms with Crippen LogP contribution in [0, 0.1) is 10.8 Å². The fourth-order valence-corrected chi connectivity index (χ4v) is 1.45. The van der Waals surface area contributed by atoms with Gasteiger partial charge >= 0.3 is 11.9 Å². The maximum Gasteiger partial charge on any atom is 0.334 e. The first kappa shape index (κ1) is 15.5. The lowest BCUT2D eigenvalue weighted by atomic mass is 9.88. The van der Waals surface area contributed by atoms with Gasteiger partial charge in [-0.3, -0.25) is 4.79 Å². The number of ether oxygens (including phenoxy) is 2. The number of rotatable bonds is 4. The van der Waals surface area contributed by atoms with Gasteiger partial charge in [0.15, 0.2) is 0 Å². The average Bonchev–Trinajstić information content (AvgIpc) is 2.61. The molecular formula is C15H22O4. The van der Waals surface area contributed by atoms with Crippen molar-refractivity contribution in [3.8, 4) is 0 Å². The highest BCUT2D eigenvalue weighted by Crippen LogP contribution is 2.25. The van der Waals surface area contributed by atoms with E-state index in [-0.39, 0.29) is 5.41 Å². The Bertz CT molecular complexity index is 410. The zero-order chi connectivity index (χ0) is 14.7. The fraction of sp³-hybridized carbons (Fsp3) is 0.600. The van der Waals surface area contributed by atoms with Gasteiger partial charge in [0, 0.05) is 12.2 Å². The minimum Gasteiger partial charge on any atom is -0.421 e. The molecule has 1 atom stereocenters. The van der Waals surface area contributed by atoms with Crippen molar-refractivity contribution in [1.29, 1.82) is 0 Å². The minimum atomic E-state index is -0.893. The summed E-state index contributed by atoms with van der Waals surface area (Å²) in [7, 11) is 0. The number of allylic oxidation sites excluding steroid dienone is 1. The summed E-state index contributed by atoms with van der Waals surface area (Å²) in [5.74, 6) is -0.902. The van der Waals surface area contributed by atoms with E-state index in [1.165, 1.54) is 12.2 Å². The van der Waals surface area contributed by atoms with Gasteiger partial charge in [-0.2, -0.15) is 0 Å². The van der Waals surface area contributed by atoms with Gasteiger partial charge in [-0.15, -0.1) is 0 Å². The molecular weight excluding hydrogens is 244 g/mol. The second-order valence-electron chi connectivity index (χ2n) is 6.46. The van der Waals surface area contributed by atoms with Gasteiger partial charge in [-0.05, 0) is 25.7 Å². The van der Waals surface area contributed by atoms with Crippen LogP contribution in [0.3, 0.4) is 0 Å². The number of hydrogen-bond acceptors (Lipinski definition) is 4. The monoisotopic (exact) mass is 266 g/mol. The summed E-state index contributed by atoms with van der Waals surface area (Å²) in [5.41, 5.74) is -0.561. The molecule has 0 aromatic carbocycles. The molecule has 1 unspecified atom stereocenters. The summed E-state index contributed by atoms with van der Waals surface area (Å²) in [6.45, 7) is 9.94. The fourth-order valence-electron chi connectivity index (χ4n) is 1.45. The SMILES string of the molecule is CC(C)(C)C/C=C\C(C)(C)C(=O)OC1C=CC(=O)O1. The largest absolute Gasteiger partial charge is 0.421 e. The maximum absolute atomic E-state index is 12.0. The lowest BCUT2D eigenvalue weighted by molar-refractivity contribution is -0.178. The van der Waals surface area contributed by atoms with Gasteiger partial charge in [0.25, 0.3) is 6.29 Å². The highest BCUT2D eigenvalue weighted by molar-refractivity contribution is 5.85. The summed E-state index contributed by atoms with van der Waals surface area (Å²) in [5, 5.41) is 0. The molecule has 0 amide bonds. The second-order valence-corrected chi connectivity index (χ2v) is 6.46. The highest BCUT2D eigenvalue weighted by atomic mass is 16.7. The second kappa shape index (κ2) is 5.59. The smallest absolute Gasteiger partial charge is 0.334 e. The third kappa shape index (κ3) is 5.28. The molecule has 1 heterocycles. The van der Waals surface area contributed by atoms with Gasteiger partial charge in [0.2, 0.25) is 0 Å². The Balaban J connectivity index is 2.54. The summed E-state index contributed by atoms with van der Waals surface area (Å²) in [6, 6.07) is 0. The van der Waals surface area contributed by atoms with Gasteiger partial charge in [-0.25, -0.2) is 4.79 Å². The van der Waals surface area contributed by atoms with Crippen LogP contribution in [0.4, 0.5) is 0 Å². The molecule has 0 saturated carbocycles. The molecule has 1 aliphatic rings. The molecule has 0 bridgehead atoms. The van der Waals surface area contributed by atoms with E-state index in [2.05, 4.69) is 20.8 Å². The third-order valence-corrected chi connectivity index (χ3v) is 2.64. The van der Waals surface area contributed by atoms with E-state index in [1.807, 2.05) is 12.2 Å². The number of carbonyl (C=O) groups excluding carboxylic acids is 2. The van der Waals surface area contributed by atoms with Crippen molar-refractivity contribution in [1.82, 2.24) is 0 Å². The van der Waals surface area contributed by atoms with E-state index in [4.69, 9.17) is 9.47 Å². The Hall–Kier alpha value is -1.58. The van der Waals surface area contributed by atoms with Crippen molar-refractivity contribution < 1.29 is 19.1 Å². The molecule has 0 N–H and O–H groups in total. The Kier molecular flexibility index (Phi) is 4.56. The van der Waals surface area contributed by atoms with E-state index in [9.17, 15) is 9.59 Å². The molecule has 106 valence electrons. The minimum absolute atomic E-state index is 0.181. The molecule has 4 nitrogen and oxygen atoms in total. The lowest BCUT2D eigenvalue weighted by Gasteiger charge is -2.21. The van der Waals surface area contributed by atoms with Gasteiger partial charge < -0.3 is 9.47 Å². The van der Waals surface area contributed by atoms with Crippen molar-refractivity contribution in [3.05, 3.63) is 24.3 Å². The molecule has 0 saturated heterocycles. The highest BCUT2D eigenvalue weighted by Gasteiger charge is 2.30. The van der Waals surface area contributed by atoms with Crippen molar-refractivity contribution in [2.45, 2.75) is 47.3 Å². The standard InChI is InChI=1S/C15H22O4/c1-14(2,3)9-6-10-15(4,5)13(17)19-12-8-7-11(16)18-12/h6-8,10,12H,9H2,1-5H3/b10-6-. The van der Waals surface area contributed by atoms with E-state index in [0.29, 0.717) is 0 Å². The van der Waals surface area contributed by atoms with Crippen LogP contribution < -0.4 is 0 Å². The lowest BCUT2D eigenvalue weighted by Crippen LogP contribution is -2.29. The summed E-state index contributed by atoms with van der Waals surface area (Å²) < 4.78 is 9.88. The van der Waals surface area contributed by atoms with E-state index < -0.39 is 23.6 Å². The Morgan fingerprint density at radius 2 is 2.00 bits per heavy atom. The van der Waals surface area contributed by atoms with Crippen LogP contribution in [0.1, 0.15) is 41.0 Å². The van der Waals surface area contributed by atoms with Gasteiger partial charge in [0.1, 0.15) is 0 Å². The van der Waals surface area contributed by atoms with Gasteiger partial charge in [-0.1, -0.05) is 32.9 Å². The van der Waals surface area contributed by atoms with Crippen LogP contribution in [0.5, 0.6) is 0 Å². The first-order chi connectivity index (χ1) is 8.60. The molecule has 1 rings (SSSR count). The van der Waals surface area contributed by atoms with Crippen LogP contribution in [0.25, 0.3) is 0 Å². The van der Waals surface area contributed by atoms with Crippen molar-refractivity contribution in [2.24, 2.45) is 10.8 Å². The Labute approximate surface area is 114 Å². The van der Waals surface area contributed by atoms with Crippen LogP contribution in [0.2, 0.25) is 0 Å². The number of carbonyl (C=O) groups is 2. The Morgan fingerprint density at radius 1 is 1.37 bits per heavy atom. The first-order valence-corrected chi connectivity index (χ1v) is 6.38. The molecule has 0 fully saturated rings. The van der Waals surface area contributed by atoms with Crippen LogP contribution in [0.15, 0.2) is 24.3 Å². The normalized spacial score (nSPS) is 19.8. The quantitative estimate of drug-likeness (QED) is 0.580. The summed E-state index contributed by atoms with van der Waals surface area (Å²) in [6.07, 6.45) is 6.48. The Morgan fingerprint density at radius 3 is 2.47 bits per heavy atom. The maximum atomic E-state index is 12.0. The molecule has 0 aromatic rings. The third-order valence-electron chi connectivity index (χ3n) is 2.64. The van der Waals surface area contributed by atoms with Crippen LogP contribution in [-0.2, 0) is 19.1 Å². The summed E-state index contributed by atoms with van der Waals surface area (Å²) >= 11 is 0. The van der Waals surface area contributed by atoms with Gasteiger partial charge in [0.05, 0.1) is 5.41 Å². The van der Waals surface area contributed by atoms with Crippen molar-refractivity contribution in [2.75, 3.05) is 0 Å². The van der Waals surface area contributed by atoms with E-state index >= 15 is 0 Å². The number of hydrogen-bond donors (Lipinski definition) is 0. The molecule has 0 spiro atoms. The average molecular weight is 266 g/mol. The summed E-state index contributed by atoms with van der Waals surface area (Å²) in [4.78, 5) is 22.8. The van der Waals surface area contributed by atoms with E-state index in [0.717, 1.165) is 6.42 Å². The molecule has 0 radical (unpaired) electrons. The van der Waals surface area contributed by atoms with Crippen LogP contribution in [-0.4, -0.2) is 18.2 Å². The zero-order valence-electron chi connectivity index (χ0n) is 12.2. The first-order valence-electron chi connectivity index (χ1n) is 6.38. The molecule has 4 heteroatoms. The topological polar surface area (TPSA) is 52.6 Å². The molecule has 0 aromatic heterocycles. The van der Waals surface area contributed by atoms with Crippen LogP contribution >= 0.6 is 0 Å². The number of esters is 2. The van der Waals surface area contributed by atoms with Crippen molar-refractivity contribution >= 4 is 11.9 Å². The number of cyclic esters (lactones) is 1.